The highest BCUT2D eigenvalue weighted by Gasteiger charge is 2.50. The topological polar surface area (TPSA) is 91.0 Å². The molecule has 0 radical (unpaired) electrons. The van der Waals surface area contributed by atoms with Gasteiger partial charge in [0, 0.05) is 5.56 Å². The first-order valence-corrected chi connectivity index (χ1v) is 9.40. The molecule has 2 aromatic carbocycles. The number of benzene rings is 2. The summed E-state index contributed by atoms with van der Waals surface area (Å²) in [5.41, 5.74) is -0.418. The van der Waals surface area contributed by atoms with Gasteiger partial charge in [-0.25, -0.2) is 18.3 Å². The standard InChI is InChI=1S/C22H17F2N5O2/c1-13-16(11-25)19(29(27-13)15-6-4-3-5-7-15)12-28-20(30)22(2,26-21(28)31)17-10-14(23)8-9-18(17)24/h3-10H,12H2,1-2H3,(H,26,31)/t22-/m0/s1. The molecular formula is C22H17F2N5O2. The summed E-state index contributed by atoms with van der Waals surface area (Å²) in [6.45, 7) is 2.70. The zero-order chi connectivity index (χ0) is 22.3. The second kappa shape index (κ2) is 7.32. The van der Waals surface area contributed by atoms with E-state index in [4.69, 9.17) is 0 Å². The van der Waals surface area contributed by atoms with E-state index in [2.05, 4.69) is 16.5 Å². The minimum absolute atomic E-state index is 0.231. The van der Waals surface area contributed by atoms with Crippen molar-refractivity contribution >= 4 is 11.9 Å². The Hall–Kier alpha value is -4.06. The fraction of sp³-hybridized carbons (Fsp3) is 0.182. The van der Waals surface area contributed by atoms with Crippen molar-refractivity contribution in [3.63, 3.8) is 0 Å². The number of carbonyl (C=O) groups is 2. The summed E-state index contributed by atoms with van der Waals surface area (Å²) in [6.07, 6.45) is 0. The predicted molar refractivity (Wildman–Crippen MR) is 106 cm³/mol. The van der Waals surface area contributed by atoms with E-state index >= 15 is 0 Å². The van der Waals surface area contributed by atoms with Crippen LogP contribution >= 0.6 is 0 Å². The SMILES string of the molecule is Cc1nn(-c2ccccc2)c(CN2C(=O)N[C@@](C)(c3cc(F)ccc3F)C2=O)c1C#N. The summed E-state index contributed by atoms with van der Waals surface area (Å²) in [5.74, 6) is -2.31. The molecule has 1 aromatic heterocycles. The Morgan fingerprint density at radius 2 is 1.87 bits per heavy atom. The van der Waals surface area contributed by atoms with Gasteiger partial charge in [0.25, 0.3) is 5.91 Å². The number of nitriles is 1. The van der Waals surface area contributed by atoms with Crippen molar-refractivity contribution in [3.8, 4) is 11.8 Å². The van der Waals surface area contributed by atoms with E-state index in [0.717, 1.165) is 23.1 Å². The molecule has 0 spiro atoms. The number of hydrogen-bond donors (Lipinski definition) is 1. The fourth-order valence-electron chi connectivity index (χ4n) is 3.70. The fourth-order valence-corrected chi connectivity index (χ4v) is 3.70. The first-order valence-electron chi connectivity index (χ1n) is 9.40. The number of nitrogens with one attached hydrogen (secondary N) is 1. The van der Waals surface area contributed by atoms with Crippen molar-refractivity contribution in [2.24, 2.45) is 0 Å². The number of amides is 3. The van der Waals surface area contributed by atoms with Gasteiger partial charge < -0.3 is 5.32 Å². The first-order chi connectivity index (χ1) is 14.8. The van der Waals surface area contributed by atoms with Gasteiger partial charge in [0.1, 0.15) is 23.2 Å². The average Bonchev–Trinajstić information content (AvgIpc) is 3.19. The number of carbonyl (C=O) groups excluding carboxylic acids is 2. The van der Waals surface area contributed by atoms with E-state index in [1.54, 1.807) is 31.2 Å². The maximum atomic E-state index is 14.4. The van der Waals surface area contributed by atoms with Crippen LogP contribution in [-0.2, 0) is 16.9 Å². The molecule has 3 aromatic rings. The minimum atomic E-state index is -1.79. The van der Waals surface area contributed by atoms with Gasteiger partial charge in [0.2, 0.25) is 0 Å². The maximum Gasteiger partial charge on any atom is 0.325 e. The van der Waals surface area contributed by atoms with Crippen LogP contribution in [0.1, 0.15) is 29.4 Å². The van der Waals surface area contributed by atoms with Gasteiger partial charge >= 0.3 is 6.03 Å². The van der Waals surface area contributed by atoms with Gasteiger partial charge in [-0.1, -0.05) is 18.2 Å². The Kier molecular flexibility index (Phi) is 4.78. The Labute approximate surface area is 176 Å². The summed E-state index contributed by atoms with van der Waals surface area (Å²) < 4.78 is 29.6. The number of aryl methyl sites for hydroxylation is 1. The van der Waals surface area contributed by atoms with Crippen LogP contribution in [0.25, 0.3) is 5.69 Å². The molecule has 1 aliphatic heterocycles. The van der Waals surface area contributed by atoms with Gasteiger partial charge in [0.05, 0.1) is 29.2 Å². The zero-order valence-corrected chi connectivity index (χ0v) is 16.7. The molecule has 1 atom stereocenters. The van der Waals surface area contributed by atoms with Crippen LogP contribution < -0.4 is 5.32 Å². The monoisotopic (exact) mass is 421 g/mol. The Morgan fingerprint density at radius 3 is 2.55 bits per heavy atom. The van der Waals surface area contributed by atoms with Gasteiger partial charge in [-0.3, -0.25) is 9.69 Å². The van der Waals surface area contributed by atoms with Crippen molar-refractivity contribution in [2.75, 3.05) is 0 Å². The van der Waals surface area contributed by atoms with E-state index in [0.29, 0.717) is 17.1 Å². The van der Waals surface area contributed by atoms with Gasteiger partial charge in [-0.2, -0.15) is 10.4 Å². The van der Waals surface area contributed by atoms with Crippen molar-refractivity contribution < 1.29 is 18.4 Å². The van der Waals surface area contributed by atoms with Crippen LogP contribution in [0, 0.1) is 29.9 Å². The molecule has 0 aliphatic carbocycles. The predicted octanol–water partition coefficient (Wildman–Crippen LogP) is 3.30. The van der Waals surface area contributed by atoms with E-state index in [9.17, 15) is 23.6 Å². The van der Waals surface area contributed by atoms with Gasteiger partial charge in [-0.05, 0) is 44.2 Å². The molecule has 1 aliphatic rings. The Bertz CT molecular complexity index is 1250. The lowest BCUT2D eigenvalue weighted by Gasteiger charge is -2.23. The zero-order valence-electron chi connectivity index (χ0n) is 16.7. The smallest absolute Gasteiger partial charge is 0.319 e. The lowest BCUT2D eigenvalue weighted by molar-refractivity contribution is -0.131. The molecule has 4 rings (SSSR count). The number of aromatic nitrogens is 2. The summed E-state index contributed by atoms with van der Waals surface area (Å²) in [6, 6.07) is 13.0. The van der Waals surface area contributed by atoms with Crippen LogP contribution in [0.15, 0.2) is 48.5 Å². The largest absolute Gasteiger partial charge is 0.325 e. The second-order valence-electron chi connectivity index (χ2n) is 7.34. The number of para-hydroxylation sites is 1. The second-order valence-corrected chi connectivity index (χ2v) is 7.34. The molecule has 9 heteroatoms. The quantitative estimate of drug-likeness (QED) is 0.655. The summed E-state index contributed by atoms with van der Waals surface area (Å²) in [4.78, 5) is 26.8. The number of rotatable bonds is 4. The average molecular weight is 421 g/mol. The molecule has 1 N–H and O–H groups in total. The molecule has 0 unspecified atom stereocenters. The first kappa shape index (κ1) is 20.2. The van der Waals surface area contributed by atoms with E-state index < -0.39 is 29.1 Å². The number of halogens is 2. The van der Waals surface area contributed by atoms with E-state index in [-0.39, 0.29) is 17.7 Å². The number of imide groups is 1. The Balaban J connectivity index is 1.76. The minimum Gasteiger partial charge on any atom is -0.319 e. The third-order valence-corrected chi connectivity index (χ3v) is 5.32. The molecule has 1 fully saturated rings. The number of urea groups is 1. The molecule has 1 saturated heterocycles. The van der Waals surface area contributed by atoms with Crippen LogP contribution in [0.4, 0.5) is 13.6 Å². The summed E-state index contributed by atoms with van der Waals surface area (Å²) in [5, 5.41) is 16.4. The van der Waals surface area contributed by atoms with Crippen molar-refractivity contribution in [1.82, 2.24) is 20.0 Å². The van der Waals surface area contributed by atoms with Crippen LogP contribution in [-0.4, -0.2) is 26.6 Å². The molecule has 3 amide bonds. The molecule has 0 bridgehead atoms. The van der Waals surface area contributed by atoms with Crippen LogP contribution in [0.2, 0.25) is 0 Å². The van der Waals surface area contributed by atoms with E-state index in [1.165, 1.54) is 11.6 Å². The Morgan fingerprint density at radius 1 is 1.16 bits per heavy atom. The number of nitrogens with zero attached hydrogens (tertiary/aromatic N) is 4. The number of hydrogen-bond acceptors (Lipinski definition) is 4. The molecule has 156 valence electrons. The summed E-state index contributed by atoms with van der Waals surface area (Å²) >= 11 is 0. The molecule has 2 heterocycles. The summed E-state index contributed by atoms with van der Waals surface area (Å²) in [7, 11) is 0. The molecule has 7 nitrogen and oxygen atoms in total. The lowest BCUT2D eigenvalue weighted by Crippen LogP contribution is -2.41. The highest BCUT2D eigenvalue weighted by molar-refractivity contribution is 6.07. The maximum absolute atomic E-state index is 14.4. The third kappa shape index (κ3) is 3.22. The van der Waals surface area contributed by atoms with Crippen LogP contribution in [0.3, 0.4) is 0 Å². The van der Waals surface area contributed by atoms with Crippen LogP contribution in [0.5, 0.6) is 0 Å². The van der Waals surface area contributed by atoms with Gasteiger partial charge in [-0.15, -0.1) is 0 Å². The lowest BCUT2D eigenvalue weighted by atomic mass is 9.91. The third-order valence-electron chi connectivity index (χ3n) is 5.32. The van der Waals surface area contributed by atoms with Crippen molar-refractivity contribution in [3.05, 3.63) is 82.7 Å². The molecule has 0 saturated carbocycles. The van der Waals surface area contributed by atoms with Crippen molar-refractivity contribution in [1.29, 1.82) is 5.26 Å². The van der Waals surface area contributed by atoms with E-state index in [1.807, 2.05) is 6.07 Å². The highest BCUT2D eigenvalue weighted by Crippen LogP contribution is 2.32. The molecular weight excluding hydrogens is 404 g/mol. The van der Waals surface area contributed by atoms with Crippen molar-refractivity contribution in [2.45, 2.75) is 25.9 Å². The molecule has 31 heavy (non-hydrogen) atoms. The normalized spacial score (nSPS) is 18.2. The highest BCUT2D eigenvalue weighted by atomic mass is 19.1. The van der Waals surface area contributed by atoms with Gasteiger partial charge in [0.15, 0.2) is 0 Å².